The van der Waals surface area contributed by atoms with E-state index < -0.39 is 0 Å². The molecule has 9 heavy (non-hydrogen) atoms. The summed E-state index contributed by atoms with van der Waals surface area (Å²) in [6.45, 7) is 1.82. The Morgan fingerprint density at radius 2 is 2.33 bits per heavy atom. The lowest BCUT2D eigenvalue weighted by Crippen LogP contribution is -1.76. The summed E-state index contributed by atoms with van der Waals surface area (Å²) in [7, 11) is 0. The molecule has 0 aliphatic heterocycles. The smallest absolute Gasteiger partial charge is 0.193 e. The van der Waals surface area contributed by atoms with Crippen LogP contribution < -0.4 is 0 Å². The highest BCUT2D eigenvalue weighted by Crippen LogP contribution is 2.19. The summed E-state index contributed by atoms with van der Waals surface area (Å²) >= 11 is 6.49. The second-order valence-electron chi connectivity index (χ2n) is 1.59. The molecule has 0 spiro atoms. The summed E-state index contributed by atoms with van der Waals surface area (Å²) in [5.41, 5.74) is 0.910. The van der Waals surface area contributed by atoms with Gasteiger partial charge in [0.1, 0.15) is 5.69 Å². The first-order valence-corrected chi connectivity index (χ1v) is 4.33. The van der Waals surface area contributed by atoms with E-state index in [4.69, 9.17) is 4.42 Å². The highest BCUT2D eigenvalue weighted by molar-refractivity contribution is 9.10. The molecule has 4 heteroatoms. The lowest BCUT2D eigenvalue weighted by molar-refractivity contribution is 0.498. The van der Waals surface area contributed by atoms with Gasteiger partial charge in [0.15, 0.2) is 10.6 Å². The first kappa shape index (κ1) is 7.28. The fourth-order valence-electron chi connectivity index (χ4n) is 0.528. The van der Waals surface area contributed by atoms with Crippen molar-refractivity contribution < 1.29 is 4.42 Å². The minimum atomic E-state index is 0.691. The summed E-state index contributed by atoms with van der Waals surface area (Å²) in [6.07, 6.45) is 0. The van der Waals surface area contributed by atoms with Gasteiger partial charge in [-0.1, -0.05) is 15.9 Å². The summed E-state index contributed by atoms with van der Waals surface area (Å²) in [6, 6.07) is 0. The predicted octanol–water partition coefficient (Wildman–Crippen LogP) is 2.64. The van der Waals surface area contributed by atoms with E-state index in [1.807, 2.05) is 6.92 Å². The van der Waals surface area contributed by atoms with Crippen LogP contribution in [0.15, 0.2) is 9.09 Å². The molecule has 1 aromatic heterocycles. The SMILES string of the molecule is Cc1nc(CBr)c(Br)o1. The van der Waals surface area contributed by atoms with Gasteiger partial charge >= 0.3 is 0 Å². The second kappa shape index (κ2) is 2.84. The number of halogens is 2. The summed E-state index contributed by atoms with van der Waals surface area (Å²) < 4.78 is 5.80. The average Bonchev–Trinajstić information content (AvgIpc) is 2.10. The van der Waals surface area contributed by atoms with E-state index in [1.54, 1.807) is 0 Å². The van der Waals surface area contributed by atoms with Gasteiger partial charge in [-0.15, -0.1) is 0 Å². The maximum atomic E-state index is 5.08. The molecule has 0 aromatic carbocycles. The molecule has 0 aliphatic carbocycles. The lowest BCUT2D eigenvalue weighted by atomic mass is 10.6. The lowest BCUT2D eigenvalue weighted by Gasteiger charge is -1.80. The van der Waals surface area contributed by atoms with Crippen molar-refractivity contribution in [3.63, 3.8) is 0 Å². The molecule has 0 bridgehead atoms. The van der Waals surface area contributed by atoms with Crippen LogP contribution >= 0.6 is 31.9 Å². The molecule has 0 N–H and O–H groups in total. The van der Waals surface area contributed by atoms with Crippen molar-refractivity contribution >= 4 is 31.9 Å². The summed E-state index contributed by atoms with van der Waals surface area (Å²) in [5, 5.41) is 0.727. The van der Waals surface area contributed by atoms with Gasteiger partial charge in [-0.2, -0.15) is 0 Å². The minimum Gasteiger partial charge on any atom is -0.434 e. The van der Waals surface area contributed by atoms with Gasteiger partial charge in [0.25, 0.3) is 0 Å². The number of hydrogen-bond donors (Lipinski definition) is 0. The van der Waals surface area contributed by atoms with Crippen molar-refractivity contribution in [3.05, 3.63) is 16.3 Å². The van der Waals surface area contributed by atoms with Crippen LogP contribution in [0.4, 0.5) is 0 Å². The summed E-state index contributed by atoms with van der Waals surface area (Å²) in [5.74, 6) is 0.691. The number of nitrogens with zero attached hydrogens (tertiary/aromatic N) is 1. The van der Waals surface area contributed by atoms with E-state index in [0.29, 0.717) is 5.89 Å². The largest absolute Gasteiger partial charge is 0.434 e. The van der Waals surface area contributed by atoms with Gasteiger partial charge in [-0.05, 0) is 15.9 Å². The van der Waals surface area contributed by atoms with Gasteiger partial charge in [0.2, 0.25) is 0 Å². The normalized spacial score (nSPS) is 10.1. The Morgan fingerprint density at radius 1 is 1.67 bits per heavy atom. The van der Waals surface area contributed by atoms with Crippen molar-refractivity contribution in [1.82, 2.24) is 4.98 Å². The molecule has 1 aromatic rings. The van der Waals surface area contributed by atoms with Crippen LogP contribution in [0.2, 0.25) is 0 Å². The molecule has 0 radical (unpaired) electrons. The van der Waals surface area contributed by atoms with Crippen LogP contribution in [0.3, 0.4) is 0 Å². The number of hydrogen-bond acceptors (Lipinski definition) is 2. The van der Waals surface area contributed by atoms with Crippen molar-refractivity contribution in [2.75, 3.05) is 0 Å². The monoisotopic (exact) mass is 253 g/mol. The van der Waals surface area contributed by atoms with E-state index in [0.717, 1.165) is 15.7 Å². The van der Waals surface area contributed by atoms with E-state index >= 15 is 0 Å². The molecule has 0 aliphatic rings. The Hall–Kier alpha value is 0.170. The Bertz CT molecular complexity index is 209. The molecule has 0 saturated carbocycles. The van der Waals surface area contributed by atoms with Crippen molar-refractivity contribution in [1.29, 1.82) is 0 Å². The highest BCUT2D eigenvalue weighted by atomic mass is 79.9. The zero-order chi connectivity index (χ0) is 6.85. The number of alkyl halides is 1. The van der Waals surface area contributed by atoms with Crippen LogP contribution in [0.25, 0.3) is 0 Å². The third kappa shape index (κ3) is 1.55. The highest BCUT2D eigenvalue weighted by Gasteiger charge is 2.04. The quantitative estimate of drug-likeness (QED) is 0.721. The van der Waals surface area contributed by atoms with Gasteiger partial charge in [0, 0.05) is 6.92 Å². The molecular formula is C5H5Br2NO. The Kier molecular flexibility index (Phi) is 2.29. The van der Waals surface area contributed by atoms with Crippen LogP contribution in [0, 0.1) is 6.92 Å². The van der Waals surface area contributed by atoms with Crippen LogP contribution in [-0.4, -0.2) is 4.98 Å². The average molecular weight is 255 g/mol. The van der Waals surface area contributed by atoms with E-state index in [-0.39, 0.29) is 0 Å². The van der Waals surface area contributed by atoms with Gasteiger partial charge in [0.05, 0.1) is 5.33 Å². The molecular weight excluding hydrogens is 250 g/mol. The third-order valence-electron chi connectivity index (χ3n) is 0.883. The topological polar surface area (TPSA) is 26.0 Å². The number of aromatic nitrogens is 1. The molecule has 0 unspecified atom stereocenters. The zero-order valence-corrected chi connectivity index (χ0v) is 7.99. The molecule has 0 amide bonds. The Balaban J connectivity index is 3.01. The van der Waals surface area contributed by atoms with Crippen molar-refractivity contribution in [3.8, 4) is 0 Å². The maximum Gasteiger partial charge on any atom is 0.193 e. The number of oxazole rings is 1. The Morgan fingerprint density at radius 3 is 2.56 bits per heavy atom. The molecule has 1 rings (SSSR count). The molecule has 2 nitrogen and oxygen atoms in total. The van der Waals surface area contributed by atoms with Crippen molar-refractivity contribution in [2.45, 2.75) is 12.3 Å². The fourth-order valence-corrected chi connectivity index (χ4v) is 1.75. The van der Waals surface area contributed by atoms with Crippen LogP contribution in [-0.2, 0) is 5.33 Å². The minimum absolute atomic E-state index is 0.691. The summed E-state index contributed by atoms with van der Waals surface area (Å²) in [4.78, 5) is 4.07. The van der Waals surface area contributed by atoms with E-state index in [1.165, 1.54) is 0 Å². The molecule has 1 heterocycles. The maximum absolute atomic E-state index is 5.08. The van der Waals surface area contributed by atoms with Gasteiger partial charge < -0.3 is 4.42 Å². The first-order chi connectivity index (χ1) is 4.24. The predicted molar refractivity (Wildman–Crippen MR) is 41.6 cm³/mol. The molecule has 0 fully saturated rings. The number of rotatable bonds is 1. The first-order valence-electron chi connectivity index (χ1n) is 2.42. The van der Waals surface area contributed by atoms with Crippen molar-refractivity contribution in [2.24, 2.45) is 0 Å². The number of aryl methyl sites for hydroxylation is 1. The molecule has 0 saturated heterocycles. The Labute approximate surface area is 69.9 Å². The third-order valence-corrected chi connectivity index (χ3v) is 2.03. The van der Waals surface area contributed by atoms with E-state index in [2.05, 4.69) is 36.8 Å². The van der Waals surface area contributed by atoms with E-state index in [9.17, 15) is 0 Å². The molecule has 50 valence electrons. The van der Waals surface area contributed by atoms with Gasteiger partial charge in [-0.25, -0.2) is 4.98 Å². The molecule has 0 atom stereocenters. The fraction of sp³-hybridized carbons (Fsp3) is 0.400. The standard InChI is InChI=1S/C5H5Br2NO/c1-3-8-4(2-6)5(7)9-3/h2H2,1H3. The van der Waals surface area contributed by atoms with Crippen LogP contribution in [0.1, 0.15) is 11.6 Å². The van der Waals surface area contributed by atoms with Crippen LogP contribution in [0.5, 0.6) is 0 Å². The zero-order valence-electron chi connectivity index (χ0n) is 4.82. The second-order valence-corrected chi connectivity index (χ2v) is 2.87. The van der Waals surface area contributed by atoms with Gasteiger partial charge in [-0.3, -0.25) is 0 Å².